The molecule has 1 N–H and O–H groups in total. The number of carbonyl (C=O) groups is 2. The van der Waals surface area contributed by atoms with Crippen LogP contribution in [0, 0.1) is 11.8 Å². The summed E-state index contributed by atoms with van der Waals surface area (Å²) in [6.07, 6.45) is 9.07. The van der Waals surface area contributed by atoms with Gasteiger partial charge >= 0.3 is 6.09 Å². The molecule has 3 aromatic rings. The molecule has 8 rings (SSSR count). The molecule has 4 atom stereocenters. The number of fused-ring (bicyclic) bond motifs is 4. The maximum atomic E-state index is 13.8. The van der Waals surface area contributed by atoms with E-state index >= 15 is 0 Å². The average Bonchev–Trinajstić information content (AvgIpc) is 3.31. The van der Waals surface area contributed by atoms with Crippen LogP contribution in [0.2, 0.25) is 5.02 Å². The molecule has 1 spiro atoms. The first-order valence-electron chi connectivity index (χ1n) is 19.2. The van der Waals surface area contributed by atoms with Gasteiger partial charge in [-0.2, -0.15) is 0 Å². The maximum Gasteiger partial charge on any atom is 0.410 e. The highest BCUT2D eigenvalue weighted by Crippen LogP contribution is 2.47. The Morgan fingerprint density at radius 3 is 2.64 bits per heavy atom. The molecule has 5 aliphatic rings. The number of piperazine rings is 1. The zero-order valence-corrected chi connectivity index (χ0v) is 32.9. The number of pyridine rings is 1. The number of aromatic nitrogens is 1. The predicted octanol–water partition coefficient (Wildman–Crippen LogP) is 5.73. The normalized spacial score (nSPS) is 28.0. The molecule has 1 saturated carbocycles. The van der Waals surface area contributed by atoms with Crippen molar-refractivity contribution in [1.82, 2.24) is 14.6 Å². The number of benzene rings is 2. The molecular weight excluding hydrogens is 742 g/mol. The van der Waals surface area contributed by atoms with Gasteiger partial charge in [0.05, 0.1) is 23.8 Å². The zero-order valence-electron chi connectivity index (χ0n) is 31.3. The van der Waals surface area contributed by atoms with Crippen molar-refractivity contribution >= 4 is 45.1 Å². The van der Waals surface area contributed by atoms with Crippen molar-refractivity contribution in [3.63, 3.8) is 0 Å². The Morgan fingerprint density at radius 1 is 1.04 bits per heavy atom. The second-order valence-electron chi connectivity index (χ2n) is 15.9. The standard InChI is InChI=1S/C41H48ClN5O7S/c1-40(2)38(48)44-55(50,51)31-12-15-36-34(24-31)47(26-41(27-52-36)16-5-7-28-23-30(42)11-14-33(28)41)25-29-10-13-32(29)35(8-6-22-53-40)54-39(49)46-20-18-45(19-21-46)37-9-3-4-17-43-37/h3-4,6,8-9,11-12,14-15,17,23-24,29,32,35H,5,7,10,13,16,18-22,25-27H2,1-2H3,(H,44,48)/b8-6+/t29-,32+,35-,41-/m0/s1. The summed E-state index contributed by atoms with van der Waals surface area (Å²) >= 11 is 6.46. The Labute approximate surface area is 327 Å². The number of carbonyl (C=O) groups excluding carboxylic acids is 2. The predicted molar refractivity (Wildman–Crippen MR) is 209 cm³/mol. The van der Waals surface area contributed by atoms with Gasteiger partial charge in [-0.3, -0.25) is 4.79 Å². The third-order valence-corrected chi connectivity index (χ3v) is 13.6. The van der Waals surface area contributed by atoms with Crippen molar-refractivity contribution in [2.75, 3.05) is 62.3 Å². The van der Waals surface area contributed by atoms with Crippen LogP contribution in [0.5, 0.6) is 5.75 Å². The number of hydrogen-bond donors (Lipinski definition) is 1. The Bertz CT molecular complexity index is 2070. The van der Waals surface area contributed by atoms with E-state index in [1.807, 2.05) is 30.3 Å². The lowest BCUT2D eigenvalue weighted by atomic mass is 9.68. The van der Waals surface area contributed by atoms with Gasteiger partial charge in [-0.1, -0.05) is 29.8 Å². The monoisotopic (exact) mass is 789 g/mol. The van der Waals surface area contributed by atoms with Gasteiger partial charge in [-0.25, -0.2) is 22.9 Å². The molecule has 2 bridgehead atoms. The summed E-state index contributed by atoms with van der Waals surface area (Å²) < 4.78 is 48.5. The molecule has 12 nitrogen and oxygen atoms in total. The van der Waals surface area contributed by atoms with Gasteiger partial charge in [0.15, 0.2) is 0 Å². The quantitative estimate of drug-likeness (QED) is 0.322. The second kappa shape index (κ2) is 15.0. The Morgan fingerprint density at radius 2 is 1.87 bits per heavy atom. The summed E-state index contributed by atoms with van der Waals surface area (Å²) in [6.45, 7) is 7.00. The molecule has 2 fully saturated rings. The van der Waals surface area contributed by atoms with Crippen molar-refractivity contribution in [3.05, 3.63) is 89.1 Å². The third kappa shape index (κ3) is 7.62. The molecule has 2 aliphatic carbocycles. The van der Waals surface area contributed by atoms with E-state index in [1.165, 1.54) is 31.0 Å². The highest BCUT2D eigenvalue weighted by Gasteiger charge is 2.45. The van der Waals surface area contributed by atoms with Crippen LogP contribution in [0.1, 0.15) is 50.7 Å². The van der Waals surface area contributed by atoms with E-state index in [9.17, 15) is 18.0 Å². The lowest BCUT2D eigenvalue weighted by molar-refractivity contribution is -0.139. The van der Waals surface area contributed by atoms with Gasteiger partial charge in [0.1, 0.15) is 23.3 Å². The molecule has 1 aromatic heterocycles. The Hall–Kier alpha value is -4.33. The first kappa shape index (κ1) is 37.6. The third-order valence-electron chi connectivity index (χ3n) is 12.1. The van der Waals surface area contributed by atoms with Crippen LogP contribution in [0.3, 0.4) is 0 Å². The van der Waals surface area contributed by atoms with Gasteiger partial charge in [-0.05, 0) is 112 Å². The highest BCUT2D eigenvalue weighted by atomic mass is 35.5. The fourth-order valence-corrected chi connectivity index (χ4v) is 10.0. The van der Waals surface area contributed by atoms with Gasteiger partial charge in [0, 0.05) is 61.8 Å². The van der Waals surface area contributed by atoms with Crippen LogP contribution in [-0.2, 0) is 36.1 Å². The molecular formula is C41H48ClN5O7S. The second-order valence-corrected chi connectivity index (χ2v) is 18.0. The lowest BCUT2D eigenvalue weighted by Gasteiger charge is -2.46. The number of rotatable bonds is 2. The van der Waals surface area contributed by atoms with E-state index < -0.39 is 27.6 Å². The highest BCUT2D eigenvalue weighted by molar-refractivity contribution is 7.90. The number of sulfonamides is 1. The van der Waals surface area contributed by atoms with Gasteiger partial charge in [0.25, 0.3) is 15.9 Å². The number of ether oxygens (including phenoxy) is 3. The summed E-state index contributed by atoms with van der Waals surface area (Å²) in [7, 11) is -4.26. The van der Waals surface area contributed by atoms with Crippen molar-refractivity contribution < 1.29 is 32.2 Å². The first-order chi connectivity index (χ1) is 26.4. The minimum absolute atomic E-state index is 0.00663. The number of nitrogens with one attached hydrogen (secondary N) is 1. The van der Waals surface area contributed by atoms with E-state index in [2.05, 4.69) is 31.6 Å². The molecule has 2 aromatic carbocycles. The zero-order chi connectivity index (χ0) is 38.4. The largest absolute Gasteiger partial charge is 0.490 e. The average molecular weight is 790 g/mol. The van der Waals surface area contributed by atoms with Gasteiger partial charge < -0.3 is 28.9 Å². The van der Waals surface area contributed by atoms with Crippen LogP contribution in [0.15, 0.2) is 77.8 Å². The minimum Gasteiger partial charge on any atom is -0.490 e. The van der Waals surface area contributed by atoms with E-state index in [0.29, 0.717) is 62.3 Å². The molecule has 1 saturated heterocycles. The van der Waals surface area contributed by atoms with E-state index in [-0.39, 0.29) is 34.8 Å². The molecule has 2 amide bonds. The van der Waals surface area contributed by atoms with Crippen LogP contribution >= 0.6 is 11.6 Å². The van der Waals surface area contributed by atoms with Crippen LogP contribution < -0.4 is 19.3 Å². The maximum absolute atomic E-state index is 13.8. The fraction of sp³-hybridized carbons (Fsp3) is 0.488. The van der Waals surface area contributed by atoms with E-state index in [0.717, 1.165) is 37.9 Å². The van der Waals surface area contributed by atoms with Crippen LogP contribution in [0.4, 0.5) is 16.3 Å². The SMILES string of the molecule is CC1(C)OC/C=C/[C@H](OC(=O)N2CCN(c3ccccn3)CC2)[C@@H]2CC[C@H]2CN2C[C@@]3(CCCc4cc(Cl)ccc43)COc3ccc(cc32)S(=O)(=O)NC1=O. The number of aryl methyl sites for hydroxylation is 1. The van der Waals surface area contributed by atoms with Gasteiger partial charge in [-0.15, -0.1) is 0 Å². The Balaban J connectivity index is 1.11. The number of amides is 2. The summed E-state index contributed by atoms with van der Waals surface area (Å²) in [5.41, 5.74) is 1.22. The van der Waals surface area contributed by atoms with E-state index in [1.54, 1.807) is 29.3 Å². The molecule has 3 aliphatic heterocycles. The molecule has 4 heterocycles. The number of nitrogens with zero attached hydrogens (tertiary/aromatic N) is 4. The van der Waals surface area contributed by atoms with Gasteiger partial charge in [0.2, 0.25) is 0 Å². The minimum atomic E-state index is -4.26. The smallest absolute Gasteiger partial charge is 0.410 e. The molecule has 14 heteroatoms. The molecule has 0 radical (unpaired) electrons. The van der Waals surface area contributed by atoms with E-state index in [4.69, 9.17) is 25.8 Å². The van der Waals surface area contributed by atoms with Crippen molar-refractivity contribution in [2.45, 2.75) is 68.0 Å². The summed E-state index contributed by atoms with van der Waals surface area (Å²) in [4.78, 5) is 37.8. The Kier molecular flexibility index (Phi) is 10.2. The number of anilines is 2. The summed E-state index contributed by atoms with van der Waals surface area (Å²) in [5.74, 6) is 0.811. The topological polar surface area (TPSA) is 131 Å². The van der Waals surface area contributed by atoms with Crippen molar-refractivity contribution in [3.8, 4) is 5.75 Å². The first-order valence-corrected chi connectivity index (χ1v) is 21.1. The van der Waals surface area contributed by atoms with Crippen LogP contribution in [-0.4, -0.2) is 94.5 Å². The molecule has 292 valence electrons. The van der Waals surface area contributed by atoms with Crippen LogP contribution in [0.25, 0.3) is 0 Å². The molecule has 0 unspecified atom stereocenters. The fourth-order valence-electron chi connectivity index (χ4n) is 8.73. The van der Waals surface area contributed by atoms with Crippen molar-refractivity contribution in [1.29, 1.82) is 0 Å². The number of halogens is 1. The summed E-state index contributed by atoms with van der Waals surface area (Å²) in [6, 6.07) is 16.7. The molecule has 55 heavy (non-hydrogen) atoms. The van der Waals surface area contributed by atoms with Crippen molar-refractivity contribution in [2.24, 2.45) is 11.8 Å². The summed E-state index contributed by atoms with van der Waals surface area (Å²) in [5, 5.41) is 0.699. The number of hydrogen-bond acceptors (Lipinski definition) is 10. The lowest BCUT2D eigenvalue weighted by Crippen LogP contribution is -2.52.